The molecule has 31 heavy (non-hydrogen) atoms. The molecular formula is C24H24N4O2S. The molecule has 3 aromatic carbocycles. The molecule has 1 atom stereocenters. The third kappa shape index (κ3) is 5.71. The van der Waals surface area contributed by atoms with E-state index < -0.39 is 6.04 Å². The summed E-state index contributed by atoms with van der Waals surface area (Å²) in [5.74, 6) is 0.415. The van der Waals surface area contributed by atoms with E-state index in [1.54, 1.807) is 14.0 Å². The summed E-state index contributed by atoms with van der Waals surface area (Å²) in [5.41, 5.74) is 1.74. The van der Waals surface area contributed by atoms with E-state index in [-0.39, 0.29) is 5.91 Å². The molecule has 0 bridgehead atoms. The van der Waals surface area contributed by atoms with E-state index in [4.69, 9.17) is 17.0 Å². The van der Waals surface area contributed by atoms with E-state index in [2.05, 4.69) is 16.7 Å². The van der Waals surface area contributed by atoms with Crippen LogP contribution in [0, 0.1) is 11.5 Å². The molecule has 0 fully saturated rings. The fourth-order valence-corrected chi connectivity index (χ4v) is 3.53. The van der Waals surface area contributed by atoms with Gasteiger partial charge in [0.25, 0.3) is 5.91 Å². The smallest absolute Gasteiger partial charge is 0.258 e. The van der Waals surface area contributed by atoms with Crippen molar-refractivity contribution < 1.29 is 9.53 Å². The molecule has 3 rings (SSSR count). The summed E-state index contributed by atoms with van der Waals surface area (Å²) >= 11 is 5.44. The SMILES string of the molecule is CCN(C#N)C(=O)C(Cc1ccc2ccccc2c1)NC(=S)Nc1ccc(OC)cc1. The van der Waals surface area contributed by atoms with Gasteiger partial charge in [0.15, 0.2) is 11.3 Å². The van der Waals surface area contributed by atoms with Crippen LogP contribution in [0.5, 0.6) is 5.75 Å². The molecule has 0 aliphatic rings. The van der Waals surface area contributed by atoms with Crippen LogP contribution < -0.4 is 15.4 Å². The van der Waals surface area contributed by atoms with Crippen LogP contribution in [-0.4, -0.2) is 35.6 Å². The van der Waals surface area contributed by atoms with Crippen LogP contribution >= 0.6 is 12.2 Å². The number of amides is 1. The molecule has 7 heteroatoms. The quantitative estimate of drug-likeness (QED) is 0.333. The Labute approximate surface area is 187 Å². The van der Waals surface area contributed by atoms with Crippen molar-refractivity contribution in [2.24, 2.45) is 0 Å². The van der Waals surface area contributed by atoms with Crippen LogP contribution in [-0.2, 0) is 11.2 Å². The first-order chi connectivity index (χ1) is 15.0. The molecule has 0 radical (unpaired) electrons. The van der Waals surface area contributed by atoms with Gasteiger partial charge in [0.1, 0.15) is 11.8 Å². The summed E-state index contributed by atoms with van der Waals surface area (Å²) in [6, 6.07) is 20.7. The molecule has 158 valence electrons. The number of hydrogen-bond donors (Lipinski definition) is 2. The van der Waals surface area contributed by atoms with Crippen LogP contribution in [0.15, 0.2) is 66.7 Å². The molecular weight excluding hydrogens is 408 g/mol. The van der Waals surface area contributed by atoms with Crippen molar-refractivity contribution >= 4 is 39.7 Å². The summed E-state index contributed by atoms with van der Waals surface area (Å²) in [6.45, 7) is 2.06. The monoisotopic (exact) mass is 432 g/mol. The van der Waals surface area contributed by atoms with E-state index in [0.717, 1.165) is 32.7 Å². The minimum Gasteiger partial charge on any atom is -0.497 e. The van der Waals surface area contributed by atoms with Crippen molar-refractivity contribution in [2.45, 2.75) is 19.4 Å². The highest BCUT2D eigenvalue weighted by molar-refractivity contribution is 7.80. The minimum absolute atomic E-state index is 0.296. The van der Waals surface area contributed by atoms with Gasteiger partial charge in [0.2, 0.25) is 0 Å². The van der Waals surface area contributed by atoms with Gasteiger partial charge in [0, 0.05) is 18.7 Å². The Hall–Kier alpha value is -3.63. The first-order valence-electron chi connectivity index (χ1n) is 9.94. The number of nitriles is 1. The highest BCUT2D eigenvalue weighted by Gasteiger charge is 2.25. The average Bonchev–Trinajstić information content (AvgIpc) is 2.79. The highest BCUT2D eigenvalue weighted by Crippen LogP contribution is 2.18. The number of methoxy groups -OCH3 is 1. The van der Waals surface area contributed by atoms with Crippen LogP contribution in [0.1, 0.15) is 12.5 Å². The summed E-state index contributed by atoms with van der Waals surface area (Å²) < 4.78 is 5.16. The maximum atomic E-state index is 13.0. The minimum atomic E-state index is -0.681. The fourth-order valence-electron chi connectivity index (χ4n) is 3.27. The van der Waals surface area contributed by atoms with Gasteiger partial charge in [-0.1, -0.05) is 42.5 Å². The van der Waals surface area contributed by atoms with Gasteiger partial charge in [-0.3, -0.25) is 4.79 Å². The van der Waals surface area contributed by atoms with Crippen LogP contribution in [0.3, 0.4) is 0 Å². The maximum absolute atomic E-state index is 13.0. The number of rotatable bonds is 7. The van der Waals surface area contributed by atoms with Gasteiger partial charge < -0.3 is 15.4 Å². The number of anilines is 1. The number of hydrogen-bond acceptors (Lipinski definition) is 4. The average molecular weight is 433 g/mol. The zero-order valence-electron chi connectivity index (χ0n) is 17.5. The fraction of sp³-hybridized carbons (Fsp3) is 0.208. The second-order valence-corrected chi connectivity index (χ2v) is 7.36. The van der Waals surface area contributed by atoms with Crippen LogP contribution in [0.2, 0.25) is 0 Å². The Bertz CT molecular complexity index is 1110. The third-order valence-electron chi connectivity index (χ3n) is 4.91. The summed E-state index contributed by atoms with van der Waals surface area (Å²) in [6.07, 6.45) is 2.34. The Morgan fingerprint density at radius 1 is 1.13 bits per heavy atom. The van der Waals surface area contributed by atoms with Crippen molar-refractivity contribution in [2.75, 3.05) is 19.0 Å². The molecule has 1 unspecified atom stereocenters. The number of fused-ring (bicyclic) bond motifs is 1. The van der Waals surface area contributed by atoms with E-state index in [1.165, 1.54) is 0 Å². The van der Waals surface area contributed by atoms with Crippen molar-refractivity contribution in [1.82, 2.24) is 10.2 Å². The molecule has 0 aromatic heterocycles. The van der Waals surface area contributed by atoms with Gasteiger partial charge in [0.05, 0.1) is 7.11 Å². The van der Waals surface area contributed by atoms with Gasteiger partial charge in [-0.05, 0) is 59.7 Å². The van der Waals surface area contributed by atoms with Gasteiger partial charge in [-0.25, -0.2) is 4.90 Å². The van der Waals surface area contributed by atoms with Crippen molar-refractivity contribution in [3.8, 4) is 11.9 Å². The Morgan fingerprint density at radius 3 is 2.48 bits per heavy atom. The molecule has 6 nitrogen and oxygen atoms in total. The molecule has 3 aromatic rings. The lowest BCUT2D eigenvalue weighted by Gasteiger charge is -2.23. The molecule has 0 aliphatic carbocycles. The lowest BCUT2D eigenvalue weighted by Crippen LogP contribution is -2.49. The first kappa shape index (κ1) is 22.1. The maximum Gasteiger partial charge on any atom is 0.258 e. The second kappa shape index (κ2) is 10.4. The predicted molar refractivity (Wildman–Crippen MR) is 127 cm³/mol. The van der Waals surface area contributed by atoms with Gasteiger partial charge in [-0.15, -0.1) is 0 Å². The van der Waals surface area contributed by atoms with E-state index in [9.17, 15) is 10.1 Å². The standard InChI is InChI=1S/C24H24N4O2S/c1-3-28(16-25)23(29)22(15-17-8-9-18-6-4-5-7-19(18)14-17)27-24(31)26-20-10-12-21(30-2)13-11-20/h4-14,22H,3,15H2,1-2H3,(H2,26,27,31). The highest BCUT2D eigenvalue weighted by atomic mass is 32.1. The lowest BCUT2D eigenvalue weighted by atomic mass is 10.0. The molecule has 0 aliphatic heterocycles. The summed E-state index contributed by atoms with van der Waals surface area (Å²) in [4.78, 5) is 14.1. The van der Waals surface area contributed by atoms with Crippen molar-refractivity contribution in [3.05, 3.63) is 72.3 Å². The number of carbonyl (C=O) groups excluding carboxylic acids is 1. The topological polar surface area (TPSA) is 77.4 Å². The molecule has 0 saturated carbocycles. The zero-order chi connectivity index (χ0) is 22.2. The van der Waals surface area contributed by atoms with E-state index >= 15 is 0 Å². The Morgan fingerprint density at radius 2 is 1.84 bits per heavy atom. The van der Waals surface area contributed by atoms with E-state index in [0.29, 0.717) is 18.1 Å². The number of likely N-dealkylation sites (N-methyl/N-ethyl adjacent to an activating group) is 1. The number of carbonyl (C=O) groups is 1. The Kier molecular flexibility index (Phi) is 7.41. The Balaban J connectivity index is 1.78. The second-order valence-electron chi connectivity index (χ2n) is 6.95. The predicted octanol–water partition coefficient (Wildman–Crippen LogP) is 4.08. The van der Waals surface area contributed by atoms with Gasteiger partial charge in [-0.2, -0.15) is 5.26 Å². The molecule has 0 spiro atoms. The van der Waals surface area contributed by atoms with Crippen LogP contribution in [0.4, 0.5) is 5.69 Å². The third-order valence-corrected chi connectivity index (χ3v) is 5.13. The lowest BCUT2D eigenvalue weighted by molar-refractivity contribution is -0.129. The molecule has 1 amide bonds. The zero-order valence-corrected chi connectivity index (χ0v) is 18.3. The van der Waals surface area contributed by atoms with Crippen molar-refractivity contribution in [1.29, 1.82) is 5.26 Å². The number of benzene rings is 3. The molecule has 0 heterocycles. The normalized spacial score (nSPS) is 11.3. The van der Waals surface area contributed by atoms with Gasteiger partial charge >= 0.3 is 0 Å². The van der Waals surface area contributed by atoms with Crippen molar-refractivity contribution in [3.63, 3.8) is 0 Å². The number of nitrogens with zero attached hydrogens (tertiary/aromatic N) is 2. The number of nitrogens with one attached hydrogen (secondary N) is 2. The first-order valence-corrected chi connectivity index (χ1v) is 10.3. The summed E-state index contributed by atoms with van der Waals surface area (Å²) in [5, 5.41) is 18.0. The number of ether oxygens (including phenoxy) is 1. The summed E-state index contributed by atoms with van der Waals surface area (Å²) in [7, 11) is 1.60. The van der Waals surface area contributed by atoms with E-state index in [1.807, 2.05) is 66.9 Å². The van der Waals surface area contributed by atoms with Crippen LogP contribution in [0.25, 0.3) is 10.8 Å². The molecule has 2 N–H and O–H groups in total. The molecule has 0 saturated heterocycles. The largest absolute Gasteiger partial charge is 0.497 e. The number of thiocarbonyl (C=S) groups is 1.